The van der Waals surface area contributed by atoms with Crippen LogP contribution in [-0.4, -0.2) is 19.2 Å². The Labute approximate surface area is 135 Å². The molecule has 0 aliphatic carbocycles. The smallest absolute Gasteiger partial charge is 0.417 e. The van der Waals surface area contributed by atoms with Crippen LogP contribution >= 0.6 is 0 Å². The van der Waals surface area contributed by atoms with Crippen LogP contribution in [0.2, 0.25) is 0 Å². The van der Waals surface area contributed by atoms with E-state index in [1.165, 1.54) is 12.1 Å². The number of anilines is 1. The molecular weight excluding hydrogens is 321 g/mol. The number of rotatable bonds is 3. The highest BCUT2D eigenvalue weighted by Crippen LogP contribution is 2.44. The second-order valence-corrected chi connectivity index (χ2v) is 5.26. The van der Waals surface area contributed by atoms with E-state index in [-0.39, 0.29) is 12.1 Å². The van der Waals surface area contributed by atoms with Crippen LogP contribution in [0.3, 0.4) is 0 Å². The molecule has 1 N–H and O–H groups in total. The zero-order valence-electron chi connectivity index (χ0n) is 12.4. The Kier molecular flexibility index (Phi) is 4.22. The van der Waals surface area contributed by atoms with Crippen LogP contribution in [0.1, 0.15) is 5.56 Å². The molecule has 0 spiro atoms. The number of azide groups is 1. The third-order valence-corrected chi connectivity index (χ3v) is 3.69. The minimum atomic E-state index is -4.47. The molecular formula is C16H13F3N4O. The van der Waals surface area contributed by atoms with Crippen molar-refractivity contribution in [3.63, 3.8) is 0 Å². The summed E-state index contributed by atoms with van der Waals surface area (Å²) < 4.78 is 45.7. The van der Waals surface area contributed by atoms with Crippen molar-refractivity contribution in [2.75, 3.05) is 18.4 Å². The van der Waals surface area contributed by atoms with Gasteiger partial charge in [0.05, 0.1) is 24.3 Å². The van der Waals surface area contributed by atoms with Gasteiger partial charge >= 0.3 is 6.18 Å². The van der Waals surface area contributed by atoms with Gasteiger partial charge in [0.1, 0.15) is 6.10 Å². The summed E-state index contributed by atoms with van der Waals surface area (Å²) in [5.41, 5.74) is 8.69. The van der Waals surface area contributed by atoms with Crippen LogP contribution < -0.4 is 10.1 Å². The standard InChI is InChI=1S/C16H13F3N4O/c17-16(18,19)13-6-2-1-4-11(13)12-5-3-7-14-15(12)24-10(8-21-14)9-22-23-20/h1-7,10,21H,8-9H2/t10-/m0/s1. The molecule has 0 saturated carbocycles. The third-order valence-electron chi connectivity index (χ3n) is 3.69. The SMILES string of the molecule is [N-]=[N+]=NC[C@@H]1CNc2cccc(-c3ccccc3C(F)(F)F)c2O1. The number of fused-ring (bicyclic) bond motifs is 1. The molecule has 8 heteroatoms. The maximum Gasteiger partial charge on any atom is 0.417 e. The van der Waals surface area contributed by atoms with Crippen molar-refractivity contribution in [2.24, 2.45) is 5.11 Å². The van der Waals surface area contributed by atoms with E-state index in [1.54, 1.807) is 24.3 Å². The van der Waals surface area contributed by atoms with Gasteiger partial charge in [0, 0.05) is 10.5 Å². The van der Waals surface area contributed by atoms with Gasteiger partial charge in [-0.25, -0.2) is 0 Å². The minimum absolute atomic E-state index is 0.0492. The Balaban J connectivity index is 2.07. The molecule has 0 unspecified atom stereocenters. The first kappa shape index (κ1) is 16.0. The van der Waals surface area contributed by atoms with Crippen molar-refractivity contribution in [1.82, 2.24) is 0 Å². The van der Waals surface area contributed by atoms with Crippen LogP contribution in [-0.2, 0) is 6.18 Å². The maximum absolute atomic E-state index is 13.3. The number of nitrogens with one attached hydrogen (secondary N) is 1. The highest BCUT2D eigenvalue weighted by molar-refractivity contribution is 5.81. The first-order chi connectivity index (χ1) is 11.5. The number of hydrogen-bond donors (Lipinski definition) is 1. The fourth-order valence-electron chi connectivity index (χ4n) is 2.64. The van der Waals surface area contributed by atoms with Crippen LogP contribution in [0.4, 0.5) is 18.9 Å². The van der Waals surface area contributed by atoms with E-state index < -0.39 is 17.8 Å². The average molecular weight is 334 g/mol. The lowest BCUT2D eigenvalue weighted by Crippen LogP contribution is -2.33. The summed E-state index contributed by atoms with van der Waals surface area (Å²) in [5.74, 6) is 0.332. The topological polar surface area (TPSA) is 70.0 Å². The van der Waals surface area contributed by atoms with Crippen molar-refractivity contribution < 1.29 is 17.9 Å². The second-order valence-electron chi connectivity index (χ2n) is 5.26. The molecule has 0 radical (unpaired) electrons. The van der Waals surface area contributed by atoms with E-state index in [2.05, 4.69) is 15.3 Å². The Morgan fingerprint density at radius 1 is 1.17 bits per heavy atom. The largest absolute Gasteiger partial charge is 0.486 e. The number of para-hydroxylation sites is 1. The van der Waals surface area contributed by atoms with Gasteiger partial charge < -0.3 is 10.1 Å². The molecule has 0 fully saturated rings. The summed E-state index contributed by atoms with van der Waals surface area (Å²) in [5, 5.41) is 6.56. The van der Waals surface area contributed by atoms with Crippen molar-refractivity contribution >= 4 is 5.69 Å². The molecule has 1 heterocycles. The van der Waals surface area contributed by atoms with E-state index in [1.807, 2.05) is 0 Å². The van der Waals surface area contributed by atoms with Gasteiger partial charge in [-0.3, -0.25) is 0 Å². The second kappa shape index (κ2) is 6.33. The highest BCUT2D eigenvalue weighted by Gasteiger charge is 2.34. The lowest BCUT2D eigenvalue weighted by atomic mass is 9.97. The summed E-state index contributed by atoms with van der Waals surface area (Å²) in [4.78, 5) is 2.68. The van der Waals surface area contributed by atoms with Gasteiger partial charge in [0.2, 0.25) is 0 Å². The molecule has 124 valence electrons. The summed E-state index contributed by atoms with van der Waals surface area (Å²) in [6.07, 6.45) is -4.90. The van der Waals surface area contributed by atoms with Gasteiger partial charge in [0.25, 0.3) is 0 Å². The lowest BCUT2D eigenvalue weighted by Gasteiger charge is -2.28. The molecule has 1 atom stereocenters. The quantitative estimate of drug-likeness (QED) is 0.495. The normalized spacial score (nSPS) is 16.4. The Bertz CT molecular complexity index is 800. The van der Waals surface area contributed by atoms with E-state index in [0.29, 0.717) is 23.5 Å². The van der Waals surface area contributed by atoms with E-state index >= 15 is 0 Å². The first-order valence-corrected chi connectivity index (χ1v) is 7.21. The van der Waals surface area contributed by atoms with Crippen molar-refractivity contribution in [2.45, 2.75) is 12.3 Å². The molecule has 1 aliphatic heterocycles. The molecule has 3 rings (SSSR count). The summed E-state index contributed by atoms with van der Waals surface area (Å²) in [6, 6.07) is 10.4. The summed E-state index contributed by atoms with van der Waals surface area (Å²) in [6.45, 7) is 0.509. The Hall–Kier alpha value is -2.86. The van der Waals surface area contributed by atoms with Gasteiger partial charge in [-0.1, -0.05) is 35.4 Å². The zero-order valence-corrected chi connectivity index (χ0v) is 12.4. The van der Waals surface area contributed by atoms with Gasteiger partial charge in [-0.15, -0.1) is 0 Å². The first-order valence-electron chi connectivity index (χ1n) is 7.21. The molecule has 0 amide bonds. The monoisotopic (exact) mass is 334 g/mol. The van der Waals surface area contributed by atoms with E-state index in [4.69, 9.17) is 10.3 Å². The van der Waals surface area contributed by atoms with Crippen LogP contribution in [0.25, 0.3) is 21.6 Å². The molecule has 0 saturated heterocycles. The van der Waals surface area contributed by atoms with Crippen LogP contribution in [0.15, 0.2) is 47.6 Å². The zero-order chi connectivity index (χ0) is 17.2. The molecule has 24 heavy (non-hydrogen) atoms. The minimum Gasteiger partial charge on any atom is -0.486 e. The molecule has 5 nitrogen and oxygen atoms in total. The maximum atomic E-state index is 13.3. The lowest BCUT2D eigenvalue weighted by molar-refractivity contribution is -0.137. The molecule has 0 bridgehead atoms. The van der Waals surface area contributed by atoms with Crippen molar-refractivity contribution in [1.29, 1.82) is 0 Å². The summed E-state index contributed by atoms with van der Waals surface area (Å²) >= 11 is 0. The van der Waals surface area contributed by atoms with Crippen molar-refractivity contribution in [3.8, 4) is 16.9 Å². The predicted molar refractivity (Wildman–Crippen MR) is 83.8 cm³/mol. The fraction of sp³-hybridized carbons (Fsp3) is 0.250. The molecule has 0 aromatic heterocycles. The molecule has 2 aromatic rings. The number of nitrogens with zero attached hydrogens (tertiary/aromatic N) is 3. The fourth-order valence-corrected chi connectivity index (χ4v) is 2.64. The van der Waals surface area contributed by atoms with E-state index in [0.717, 1.165) is 6.07 Å². The molecule has 1 aliphatic rings. The molecule has 2 aromatic carbocycles. The summed E-state index contributed by atoms with van der Waals surface area (Å²) in [7, 11) is 0. The average Bonchev–Trinajstić information content (AvgIpc) is 2.58. The van der Waals surface area contributed by atoms with Gasteiger partial charge in [0.15, 0.2) is 5.75 Å². The van der Waals surface area contributed by atoms with E-state index in [9.17, 15) is 13.2 Å². The number of hydrogen-bond acceptors (Lipinski definition) is 3. The third kappa shape index (κ3) is 3.09. The Morgan fingerprint density at radius 3 is 2.67 bits per heavy atom. The van der Waals surface area contributed by atoms with Crippen LogP contribution in [0.5, 0.6) is 5.75 Å². The van der Waals surface area contributed by atoms with Gasteiger partial charge in [-0.2, -0.15) is 13.2 Å². The number of halogens is 3. The number of alkyl halides is 3. The highest BCUT2D eigenvalue weighted by atomic mass is 19.4. The Morgan fingerprint density at radius 2 is 1.92 bits per heavy atom. The number of benzene rings is 2. The van der Waals surface area contributed by atoms with Crippen molar-refractivity contribution in [3.05, 3.63) is 58.5 Å². The number of ether oxygens (including phenoxy) is 1. The van der Waals surface area contributed by atoms with Gasteiger partial charge in [-0.05, 0) is 23.2 Å². The predicted octanol–water partition coefficient (Wildman–Crippen LogP) is 4.86. The van der Waals surface area contributed by atoms with Crippen LogP contribution in [0, 0.1) is 0 Å².